The summed E-state index contributed by atoms with van der Waals surface area (Å²) in [7, 11) is 0. The topological polar surface area (TPSA) is 43.1 Å². The van der Waals surface area contributed by atoms with Crippen molar-refractivity contribution in [2.24, 2.45) is 0 Å². The average Bonchev–Trinajstić information content (AvgIpc) is 2.41. The molecule has 0 spiro atoms. The van der Waals surface area contributed by atoms with E-state index in [-0.39, 0.29) is 16.5 Å². The van der Waals surface area contributed by atoms with E-state index in [0.717, 1.165) is 11.1 Å². The summed E-state index contributed by atoms with van der Waals surface area (Å²) in [5, 5.41) is 10.8. The molecule has 90 valence electrons. The van der Waals surface area contributed by atoms with Crippen LogP contribution in [-0.4, -0.2) is 4.92 Å². The molecule has 0 N–H and O–H groups in total. The Bertz CT molecular complexity index is 564. The van der Waals surface area contributed by atoms with Crippen LogP contribution in [-0.2, 0) is 0 Å². The molecular weight excluding hydrogens is 226 g/mol. The van der Waals surface area contributed by atoms with Gasteiger partial charge in [0.2, 0.25) is 0 Å². The minimum atomic E-state index is -0.380. The molecule has 0 aliphatic carbocycles. The summed E-state index contributed by atoms with van der Waals surface area (Å²) in [4.78, 5) is 10.4. The number of hydrogen-bond acceptors (Lipinski definition) is 2. The molecule has 1 unspecified atom stereocenters. The fraction of sp³-hybridized carbons (Fsp3) is 0.0667. The van der Waals surface area contributed by atoms with Gasteiger partial charge in [0.05, 0.1) is 4.92 Å². The van der Waals surface area contributed by atoms with Crippen molar-refractivity contribution in [2.75, 3.05) is 0 Å². The normalized spacial score (nSPS) is 11.8. The number of nitro benzene ring substituents is 1. The van der Waals surface area contributed by atoms with Gasteiger partial charge in [-0.25, -0.2) is 0 Å². The standard InChI is InChI=1S/C15H13NO2/c1-2-15(12-7-4-3-5-8-12)13-9-6-10-14(11-13)16(17)18/h2-11,15H,1H2. The van der Waals surface area contributed by atoms with E-state index in [1.807, 2.05) is 36.4 Å². The van der Waals surface area contributed by atoms with Gasteiger partial charge in [0.15, 0.2) is 0 Å². The van der Waals surface area contributed by atoms with Crippen LogP contribution < -0.4 is 0 Å². The zero-order chi connectivity index (χ0) is 13.0. The lowest BCUT2D eigenvalue weighted by molar-refractivity contribution is -0.384. The first-order valence-corrected chi connectivity index (χ1v) is 5.64. The van der Waals surface area contributed by atoms with Crippen LogP contribution in [0.1, 0.15) is 17.0 Å². The van der Waals surface area contributed by atoms with Gasteiger partial charge in [0.1, 0.15) is 0 Å². The monoisotopic (exact) mass is 239 g/mol. The Labute approximate surface area is 106 Å². The number of hydrogen-bond donors (Lipinski definition) is 0. The first kappa shape index (κ1) is 12.0. The smallest absolute Gasteiger partial charge is 0.258 e. The van der Waals surface area contributed by atoms with Gasteiger partial charge in [-0.3, -0.25) is 10.1 Å². The number of non-ortho nitro benzene ring substituents is 1. The van der Waals surface area contributed by atoms with E-state index in [4.69, 9.17) is 0 Å². The van der Waals surface area contributed by atoms with E-state index in [9.17, 15) is 10.1 Å². The average molecular weight is 239 g/mol. The molecule has 0 radical (unpaired) electrons. The Balaban J connectivity index is 2.42. The van der Waals surface area contributed by atoms with Crippen molar-refractivity contribution in [1.29, 1.82) is 0 Å². The van der Waals surface area contributed by atoms with Crippen molar-refractivity contribution in [2.45, 2.75) is 5.92 Å². The van der Waals surface area contributed by atoms with Crippen LogP contribution in [0.3, 0.4) is 0 Å². The summed E-state index contributed by atoms with van der Waals surface area (Å²) in [5.41, 5.74) is 2.06. The molecule has 0 bridgehead atoms. The molecule has 18 heavy (non-hydrogen) atoms. The van der Waals surface area contributed by atoms with Crippen LogP contribution in [0.4, 0.5) is 5.69 Å². The van der Waals surface area contributed by atoms with Crippen molar-refractivity contribution in [3.8, 4) is 0 Å². The van der Waals surface area contributed by atoms with Gasteiger partial charge >= 0.3 is 0 Å². The predicted molar refractivity (Wildman–Crippen MR) is 71.6 cm³/mol. The van der Waals surface area contributed by atoms with Crippen molar-refractivity contribution >= 4 is 5.69 Å². The predicted octanol–water partition coefficient (Wildman–Crippen LogP) is 3.91. The molecule has 0 saturated heterocycles. The maximum Gasteiger partial charge on any atom is 0.269 e. The molecule has 2 rings (SSSR count). The number of rotatable bonds is 4. The fourth-order valence-corrected chi connectivity index (χ4v) is 1.96. The van der Waals surface area contributed by atoms with E-state index in [1.54, 1.807) is 18.2 Å². The molecule has 2 aromatic rings. The lowest BCUT2D eigenvalue weighted by Gasteiger charge is -2.13. The highest BCUT2D eigenvalue weighted by Gasteiger charge is 2.13. The molecule has 0 fully saturated rings. The second-order valence-electron chi connectivity index (χ2n) is 3.98. The zero-order valence-electron chi connectivity index (χ0n) is 9.82. The molecule has 3 heteroatoms. The number of nitro groups is 1. The Kier molecular flexibility index (Phi) is 3.53. The molecule has 3 nitrogen and oxygen atoms in total. The minimum absolute atomic E-state index is 0.0221. The molecule has 0 aliphatic rings. The summed E-state index contributed by atoms with van der Waals surface area (Å²) in [6.45, 7) is 3.82. The second kappa shape index (κ2) is 5.27. The highest BCUT2D eigenvalue weighted by atomic mass is 16.6. The van der Waals surface area contributed by atoms with Gasteiger partial charge in [-0.15, -0.1) is 6.58 Å². The van der Waals surface area contributed by atoms with Crippen LogP contribution in [0.2, 0.25) is 0 Å². The Morgan fingerprint density at radius 2 is 1.72 bits per heavy atom. The van der Waals surface area contributed by atoms with Gasteiger partial charge in [-0.05, 0) is 11.1 Å². The quantitative estimate of drug-likeness (QED) is 0.461. The molecular formula is C15H13NO2. The van der Waals surface area contributed by atoms with Gasteiger partial charge in [-0.2, -0.15) is 0 Å². The summed E-state index contributed by atoms with van der Waals surface area (Å²) in [6, 6.07) is 16.5. The van der Waals surface area contributed by atoms with Gasteiger partial charge in [-0.1, -0.05) is 48.5 Å². The highest BCUT2D eigenvalue weighted by Crippen LogP contribution is 2.27. The molecule has 0 aliphatic heterocycles. The van der Waals surface area contributed by atoms with Crippen LogP contribution >= 0.6 is 0 Å². The highest BCUT2D eigenvalue weighted by molar-refractivity contribution is 5.42. The third kappa shape index (κ3) is 2.46. The molecule has 2 aromatic carbocycles. The van der Waals surface area contributed by atoms with Crippen LogP contribution in [0.25, 0.3) is 0 Å². The molecule has 0 aromatic heterocycles. The van der Waals surface area contributed by atoms with E-state index in [2.05, 4.69) is 6.58 Å². The van der Waals surface area contributed by atoms with Crippen LogP contribution in [0.5, 0.6) is 0 Å². The van der Waals surface area contributed by atoms with Gasteiger partial charge in [0, 0.05) is 18.1 Å². The van der Waals surface area contributed by atoms with Crippen LogP contribution in [0, 0.1) is 10.1 Å². The fourth-order valence-electron chi connectivity index (χ4n) is 1.96. The van der Waals surface area contributed by atoms with E-state index in [0.29, 0.717) is 0 Å². The first-order valence-electron chi connectivity index (χ1n) is 5.64. The third-order valence-electron chi connectivity index (χ3n) is 2.83. The number of allylic oxidation sites excluding steroid dienone is 1. The van der Waals surface area contributed by atoms with Gasteiger partial charge in [0.25, 0.3) is 5.69 Å². The summed E-state index contributed by atoms with van der Waals surface area (Å²) >= 11 is 0. The molecule has 0 amide bonds. The summed E-state index contributed by atoms with van der Waals surface area (Å²) < 4.78 is 0. The summed E-state index contributed by atoms with van der Waals surface area (Å²) in [6.07, 6.45) is 1.80. The van der Waals surface area contributed by atoms with Crippen LogP contribution in [0.15, 0.2) is 67.3 Å². The molecule has 1 atom stereocenters. The number of benzene rings is 2. The number of nitrogens with zero attached hydrogens (tertiary/aromatic N) is 1. The largest absolute Gasteiger partial charge is 0.269 e. The maximum atomic E-state index is 10.8. The first-order chi connectivity index (χ1) is 8.72. The Morgan fingerprint density at radius 1 is 1.06 bits per heavy atom. The van der Waals surface area contributed by atoms with Crippen molar-refractivity contribution in [3.63, 3.8) is 0 Å². The Morgan fingerprint density at radius 3 is 2.33 bits per heavy atom. The SMILES string of the molecule is C=CC(c1ccccc1)c1cccc([N+](=O)[O-])c1. The van der Waals surface area contributed by atoms with E-state index >= 15 is 0 Å². The maximum absolute atomic E-state index is 10.8. The summed E-state index contributed by atoms with van der Waals surface area (Å²) in [5.74, 6) is -0.0221. The molecule has 0 heterocycles. The minimum Gasteiger partial charge on any atom is -0.258 e. The molecule has 0 saturated carbocycles. The van der Waals surface area contributed by atoms with Gasteiger partial charge < -0.3 is 0 Å². The lowest BCUT2D eigenvalue weighted by atomic mass is 9.91. The van der Waals surface area contributed by atoms with E-state index < -0.39 is 0 Å². The van der Waals surface area contributed by atoms with Crippen molar-refractivity contribution in [3.05, 3.63) is 88.5 Å². The Hall–Kier alpha value is -2.42. The second-order valence-corrected chi connectivity index (χ2v) is 3.98. The van der Waals surface area contributed by atoms with Crippen molar-refractivity contribution < 1.29 is 4.92 Å². The third-order valence-corrected chi connectivity index (χ3v) is 2.83. The lowest BCUT2D eigenvalue weighted by Crippen LogP contribution is -1.98. The zero-order valence-corrected chi connectivity index (χ0v) is 9.82. The van der Waals surface area contributed by atoms with Crippen molar-refractivity contribution in [1.82, 2.24) is 0 Å². The van der Waals surface area contributed by atoms with E-state index in [1.165, 1.54) is 6.07 Å².